The smallest absolute Gasteiger partial charge is 0.219 e. The molecule has 0 saturated carbocycles. The molecule has 1 aromatic rings. The molecule has 1 aromatic carbocycles. The van der Waals surface area contributed by atoms with Crippen molar-refractivity contribution < 1.29 is 37.6 Å². The molecule has 2 aliphatic heterocycles. The van der Waals surface area contributed by atoms with Crippen LogP contribution in [0.5, 0.6) is 0 Å². The molecule has 152 valence electrons. The lowest BCUT2D eigenvalue weighted by molar-refractivity contribution is -0.329. The summed E-state index contributed by atoms with van der Waals surface area (Å²) in [6.07, 6.45) is -2.61. The van der Waals surface area contributed by atoms with Gasteiger partial charge < -0.3 is 29.2 Å². The predicted molar refractivity (Wildman–Crippen MR) is 97.5 cm³/mol. The summed E-state index contributed by atoms with van der Waals surface area (Å²) in [5.41, 5.74) is -1.32. The summed E-state index contributed by atoms with van der Waals surface area (Å²) >= 11 is 3.26. The summed E-state index contributed by atoms with van der Waals surface area (Å²) in [4.78, 5) is 0.0722. The van der Waals surface area contributed by atoms with Crippen molar-refractivity contribution in [3.63, 3.8) is 0 Å². The lowest BCUT2D eigenvalue weighted by Crippen LogP contribution is -2.63. The van der Waals surface area contributed by atoms with Gasteiger partial charge in [-0.2, -0.15) is 0 Å². The molecule has 2 fully saturated rings. The van der Waals surface area contributed by atoms with E-state index in [4.69, 9.17) is 18.9 Å². The van der Waals surface area contributed by atoms with Gasteiger partial charge in [0.15, 0.2) is 11.2 Å². The Balaban J connectivity index is 1.87. The van der Waals surface area contributed by atoms with Crippen molar-refractivity contribution in [2.75, 3.05) is 13.2 Å². The van der Waals surface area contributed by atoms with E-state index in [1.807, 2.05) is 0 Å². The maximum Gasteiger partial charge on any atom is 0.219 e. The van der Waals surface area contributed by atoms with Crippen molar-refractivity contribution in [3.05, 3.63) is 28.7 Å². The summed E-state index contributed by atoms with van der Waals surface area (Å²) in [5, 5.41) is 20.3. The molecule has 27 heavy (non-hydrogen) atoms. The molecule has 0 aromatic heterocycles. The number of rotatable bonds is 5. The van der Waals surface area contributed by atoms with Gasteiger partial charge in [0.25, 0.3) is 0 Å². The minimum Gasteiger partial charge on any atom is -0.391 e. The van der Waals surface area contributed by atoms with Crippen LogP contribution in [0.15, 0.2) is 33.6 Å². The standard InChI is InChI=1S/C17H23BrO8S/c1-10(27(21,22)12-6-4-11(18)5-7-12)24-15-14-13(25-16(2,3)26-14)8-23-17(15,20)9-19/h4-7,10,13-15,19-20H,8-9H2,1-3H3/t10?,13-,14-,15+,17-/m0/s1. The molecule has 0 radical (unpaired) electrons. The Morgan fingerprint density at radius 2 is 1.93 bits per heavy atom. The van der Waals surface area contributed by atoms with E-state index in [1.165, 1.54) is 19.1 Å². The molecule has 1 unspecified atom stereocenters. The number of aliphatic hydroxyl groups is 2. The summed E-state index contributed by atoms with van der Waals surface area (Å²) in [6.45, 7) is 3.96. The van der Waals surface area contributed by atoms with Gasteiger partial charge in [0.1, 0.15) is 18.3 Å². The molecular formula is C17H23BrO8S. The first-order valence-corrected chi connectivity index (χ1v) is 10.8. The van der Waals surface area contributed by atoms with Gasteiger partial charge in [0.05, 0.1) is 18.1 Å². The van der Waals surface area contributed by atoms with E-state index >= 15 is 0 Å². The van der Waals surface area contributed by atoms with Gasteiger partial charge in [-0.1, -0.05) is 15.9 Å². The van der Waals surface area contributed by atoms with E-state index in [-0.39, 0.29) is 11.5 Å². The van der Waals surface area contributed by atoms with Crippen molar-refractivity contribution in [2.24, 2.45) is 0 Å². The lowest BCUT2D eigenvalue weighted by atomic mass is 9.97. The van der Waals surface area contributed by atoms with Gasteiger partial charge in [-0.05, 0) is 45.0 Å². The molecule has 0 aliphatic carbocycles. The highest BCUT2D eigenvalue weighted by molar-refractivity contribution is 9.10. The van der Waals surface area contributed by atoms with E-state index in [0.717, 1.165) is 4.47 Å². The fourth-order valence-electron chi connectivity index (χ4n) is 3.23. The molecule has 8 nitrogen and oxygen atoms in total. The second-order valence-corrected chi connectivity index (χ2v) is 10.2. The van der Waals surface area contributed by atoms with Crippen LogP contribution in [0.3, 0.4) is 0 Å². The van der Waals surface area contributed by atoms with Gasteiger partial charge in [0, 0.05) is 4.47 Å². The fourth-order valence-corrected chi connectivity index (χ4v) is 4.66. The average Bonchev–Trinajstić information content (AvgIpc) is 2.92. The lowest BCUT2D eigenvalue weighted by Gasteiger charge is -2.43. The number of ether oxygens (including phenoxy) is 4. The van der Waals surface area contributed by atoms with Gasteiger partial charge in [-0.15, -0.1) is 0 Å². The average molecular weight is 467 g/mol. The number of halogens is 1. The van der Waals surface area contributed by atoms with Crippen LogP contribution >= 0.6 is 15.9 Å². The minimum atomic E-state index is -3.86. The fraction of sp³-hybridized carbons (Fsp3) is 0.647. The summed E-state index contributed by atoms with van der Waals surface area (Å²) in [5.74, 6) is -3.05. The Morgan fingerprint density at radius 3 is 2.52 bits per heavy atom. The van der Waals surface area contributed by atoms with Gasteiger partial charge in [0.2, 0.25) is 15.6 Å². The molecule has 3 rings (SSSR count). The van der Waals surface area contributed by atoms with E-state index in [0.29, 0.717) is 0 Å². The first kappa shape index (κ1) is 21.1. The third-order valence-electron chi connectivity index (χ3n) is 4.61. The van der Waals surface area contributed by atoms with E-state index in [2.05, 4.69) is 15.9 Å². The molecule has 10 heteroatoms. The Labute approximate surface area is 166 Å². The van der Waals surface area contributed by atoms with Crippen LogP contribution in [0.25, 0.3) is 0 Å². The van der Waals surface area contributed by atoms with Crippen molar-refractivity contribution in [1.82, 2.24) is 0 Å². The topological polar surface area (TPSA) is 112 Å². The SMILES string of the molecule is CC(O[C@@H]1[C@H]2OC(C)(C)O[C@H]2CO[C@@]1(O)CO)S(=O)(=O)c1ccc(Br)cc1. The highest BCUT2D eigenvalue weighted by Crippen LogP contribution is 2.39. The second kappa shape index (κ2) is 7.34. The molecule has 2 aliphatic rings. The first-order valence-electron chi connectivity index (χ1n) is 8.46. The number of sulfone groups is 1. The normalized spacial score (nSPS) is 34.2. The number of benzene rings is 1. The number of fused-ring (bicyclic) bond motifs is 1. The Hall–Kier alpha value is -0.590. The zero-order chi connectivity index (χ0) is 20.0. The Morgan fingerprint density at radius 1 is 1.30 bits per heavy atom. The van der Waals surface area contributed by atoms with Crippen LogP contribution in [-0.2, 0) is 28.8 Å². The summed E-state index contributed by atoms with van der Waals surface area (Å²) < 4.78 is 49.0. The van der Waals surface area contributed by atoms with Crippen molar-refractivity contribution in [1.29, 1.82) is 0 Å². The van der Waals surface area contributed by atoms with Crippen LogP contribution in [0.2, 0.25) is 0 Å². The monoisotopic (exact) mass is 466 g/mol. The molecule has 2 saturated heterocycles. The summed E-state index contributed by atoms with van der Waals surface area (Å²) in [6, 6.07) is 6.13. The molecule has 0 spiro atoms. The second-order valence-electron chi connectivity index (χ2n) is 7.08. The maximum absolute atomic E-state index is 12.8. The van der Waals surface area contributed by atoms with E-state index in [1.54, 1.807) is 26.0 Å². The number of hydrogen-bond acceptors (Lipinski definition) is 8. The van der Waals surface area contributed by atoms with Gasteiger partial charge >= 0.3 is 0 Å². The zero-order valence-electron chi connectivity index (χ0n) is 15.2. The highest BCUT2D eigenvalue weighted by atomic mass is 79.9. The highest BCUT2D eigenvalue weighted by Gasteiger charge is 2.58. The van der Waals surface area contributed by atoms with Crippen molar-refractivity contribution >= 4 is 25.8 Å². The molecule has 5 atom stereocenters. The number of aliphatic hydroxyl groups excluding tert-OH is 1. The molecule has 2 N–H and O–H groups in total. The Bertz CT molecular complexity index is 781. The van der Waals surface area contributed by atoms with Crippen molar-refractivity contribution in [3.8, 4) is 0 Å². The van der Waals surface area contributed by atoms with Crippen LogP contribution in [-0.4, -0.2) is 67.2 Å². The third kappa shape index (κ3) is 4.08. The maximum atomic E-state index is 12.8. The van der Waals surface area contributed by atoms with Gasteiger partial charge in [-0.25, -0.2) is 8.42 Å². The van der Waals surface area contributed by atoms with Crippen LogP contribution in [0.1, 0.15) is 20.8 Å². The first-order chi connectivity index (χ1) is 12.5. The Kier molecular flexibility index (Phi) is 5.75. The van der Waals surface area contributed by atoms with Crippen LogP contribution < -0.4 is 0 Å². The van der Waals surface area contributed by atoms with E-state index in [9.17, 15) is 18.6 Å². The minimum absolute atomic E-state index is 0.0150. The van der Waals surface area contributed by atoms with Crippen LogP contribution in [0, 0.1) is 0 Å². The van der Waals surface area contributed by atoms with Crippen LogP contribution in [0.4, 0.5) is 0 Å². The molecular weight excluding hydrogens is 444 g/mol. The van der Waals surface area contributed by atoms with E-state index < -0.39 is 51.8 Å². The quantitative estimate of drug-likeness (QED) is 0.665. The summed E-state index contributed by atoms with van der Waals surface area (Å²) in [7, 11) is -3.86. The molecule has 0 amide bonds. The number of hydrogen-bond donors (Lipinski definition) is 2. The predicted octanol–water partition coefficient (Wildman–Crippen LogP) is 1.19. The molecule has 0 bridgehead atoms. The van der Waals surface area contributed by atoms with Gasteiger partial charge in [-0.3, -0.25) is 0 Å². The third-order valence-corrected chi connectivity index (χ3v) is 7.05. The van der Waals surface area contributed by atoms with Crippen molar-refractivity contribution in [2.45, 2.75) is 61.0 Å². The zero-order valence-corrected chi connectivity index (χ0v) is 17.6. The molecule has 2 heterocycles. The largest absolute Gasteiger partial charge is 0.391 e.